The van der Waals surface area contributed by atoms with Gasteiger partial charge in [0.15, 0.2) is 0 Å². The molecule has 1 aromatic carbocycles. The van der Waals surface area contributed by atoms with Crippen molar-refractivity contribution in [1.82, 2.24) is 0 Å². The van der Waals surface area contributed by atoms with Crippen LogP contribution in [-0.2, 0) is 19.3 Å². The zero-order chi connectivity index (χ0) is 18.2. The summed E-state index contributed by atoms with van der Waals surface area (Å²) in [6.07, 6.45) is 21.4. The van der Waals surface area contributed by atoms with Crippen molar-refractivity contribution in [1.29, 1.82) is 0 Å². The maximum atomic E-state index is 4.12. The molecule has 0 bridgehead atoms. The Morgan fingerprint density at radius 1 is 0.600 bits per heavy atom. The molecule has 1 radical (unpaired) electrons. The van der Waals surface area contributed by atoms with Crippen LogP contribution in [0.2, 0.25) is 0 Å². The van der Waals surface area contributed by atoms with Crippen LogP contribution >= 0.6 is 0 Å². The van der Waals surface area contributed by atoms with Gasteiger partial charge in [-0.15, -0.1) is 0 Å². The molecular formula is C25H43. The highest BCUT2D eigenvalue weighted by Gasteiger charge is 2.08. The normalized spacial score (nSPS) is 11.2. The van der Waals surface area contributed by atoms with Crippen LogP contribution in [0.5, 0.6) is 0 Å². The van der Waals surface area contributed by atoms with Gasteiger partial charge >= 0.3 is 0 Å². The van der Waals surface area contributed by atoms with E-state index in [9.17, 15) is 0 Å². The summed E-state index contributed by atoms with van der Waals surface area (Å²) in [5.74, 6) is 0. The van der Waals surface area contributed by atoms with E-state index in [1.165, 1.54) is 89.9 Å². The largest absolute Gasteiger partial charge is 0.0654 e. The first-order valence-corrected chi connectivity index (χ1v) is 11.2. The second kappa shape index (κ2) is 15.5. The van der Waals surface area contributed by atoms with Gasteiger partial charge in [-0.1, -0.05) is 103 Å². The van der Waals surface area contributed by atoms with Crippen LogP contribution in [0.15, 0.2) is 18.2 Å². The Labute approximate surface area is 158 Å². The third-order valence-electron chi connectivity index (χ3n) is 5.40. The van der Waals surface area contributed by atoms with E-state index in [2.05, 4.69) is 39.0 Å². The third kappa shape index (κ3) is 10.1. The highest BCUT2D eigenvalue weighted by molar-refractivity contribution is 5.36. The summed E-state index contributed by atoms with van der Waals surface area (Å²) in [6, 6.07) is 7.05. The van der Waals surface area contributed by atoms with Gasteiger partial charge in [-0.25, -0.2) is 0 Å². The van der Waals surface area contributed by atoms with Crippen LogP contribution < -0.4 is 0 Å². The molecule has 0 saturated carbocycles. The molecule has 25 heavy (non-hydrogen) atoms. The zero-order valence-corrected chi connectivity index (χ0v) is 17.3. The molecule has 0 saturated heterocycles. The summed E-state index contributed by atoms with van der Waals surface area (Å²) in [6.45, 7) is 8.71. The molecule has 0 spiro atoms. The number of hydrogen-bond donors (Lipinski definition) is 0. The van der Waals surface area contributed by atoms with Crippen molar-refractivity contribution in [3.63, 3.8) is 0 Å². The molecule has 0 atom stereocenters. The van der Waals surface area contributed by atoms with Gasteiger partial charge in [0, 0.05) is 0 Å². The second-order valence-electron chi connectivity index (χ2n) is 7.69. The van der Waals surface area contributed by atoms with E-state index in [-0.39, 0.29) is 0 Å². The van der Waals surface area contributed by atoms with E-state index in [0.29, 0.717) is 0 Å². The third-order valence-corrected chi connectivity index (χ3v) is 5.40. The van der Waals surface area contributed by atoms with Gasteiger partial charge in [-0.05, 0) is 55.2 Å². The predicted octanol–water partition coefficient (Wildman–Crippen LogP) is 8.26. The molecule has 0 heterocycles. The maximum Gasteiger partial charge on any atom is -0.0273 e. The first kappa shape index (κ1) is 22.3. The summed E-state index contributed by atoms with van der Waals surface area (Å²) in [5, 5.41) is 0. The van der Waals surface area contributed by atoms with Crippen molar-refractivity contribution in [3.8, 4) is 0 Å². The molecule has 1 rings (SSSR count). The summed E-state index contributed by atoms with van der Waals surface area (Å²) in [7, 11) is 0. The maximum absolute atomic E-state index is 4.12. The predicted molar refractivity (Wildman–Crippen MR) is 114 cm³/mol. The molecule has 1 aromatic rings. The Kier molecular flexibility index (Phi) is 13.8. The number of unbranched alkanes of at least 4 members (excludes halogenated alkanes) is 10. The first-order valence-electron chi connectivity index (χ1n) is 11.2. The fourth-order valence-corrected chi connectivity index (χ4v) is 3.85. The molecule has 143 valence electrons. The van der Waals surface area contributed by atoms with Crippen LogP contribution in [0.1, 0.15) is 114 Å². The number of rotatable bonds is 16. The van der Waals surface area contributed by atoms with Gasteiger partial charge in [0.2, 0.25) is 0 Å². The molecule has 0 aromatic heterocycles. The van der Waals surface area contributed by atoms with E-state index in [1.807, 2.05) is 0 Å². The fourth-order valence-electron chi connectivity index (χ4n) is 3.85. The molecule has 0 heteroatoms. The Balaban J connectivity index is 2.45. The molecule has 0 aliphatic rings. The van der Waals surface area contributed by atoms with Crippen molar-refractivity contribution in [2.75, 3.05) is 0 Å². The Morgan fingerprint density at radius 3 is 1.48 bits per heavy atom. The van der Waals surface area contributed by atoms with Gasteiger partial charge in [0.1, 0.15) is 0 Å². The smallest absolute Gasteiger partial charge is 0.0273 e. The number of hydrogen-bond acceptors (Lipinski definition) is 0. The van der Waals surface area contributed by atoms with Crippen molar-refractivity contribution in [3.05, 3.63) is 41.8 Å². The Hall–Kier alpha value is -0.780. The van der Waals surface area contributed by atoms with Gasteiger partial charge in [-0.3, -0.25) is 0 Å². The highest BCUT2D eigenvalue weighted by atomic mass is 14.1. The number of benzene rings is 1. The molecule has 0 nitrogen and oxygen atoms in total. The van der Waals surface area contributed by atoms with Crippen LogP contribution in [0.3, 0.4) is 0 Å². The lowest BCUT2D eigenvalue weighted by Crippen LogP contribution is -2.01. The first-order chi connectivity index (χ1) is 12.3. The molecular weight excluding hydrogens is 300 g/mol. The highest BCUT2D eigenvalue weighted by Crippen LogP contribution is 2.22. The molecule has 0 fully saturated rings. The lowest BCUT2D eigenvalue weighted by Gasteiger charge is -2.15. The van der Waals surface area contributed by atoms with Gasteiger partial charge in [0.25, 0.3) is 0 Å². The van der Waals surface area contributed by atoms with E-state index >= 15 is 0 Å². The van der Waals surface area contributed by atoms with Crippen molar-refractivity contribution >= 4 is 0 Å². The van der Waals surface area contributed by atoms with Crippen LogP contribution in [0, 0.1) is 6.92 Å². The number of aryl methyl sites for hydroxylation is 2. The average Bonchev–Trinajstić information content (AvgIpc) is 2.63. The fraction of sp³-hybridized carbons (Fsp3) is 0.720. The van der Waals surface area contributed by atoms with E-state index in [0.717, 1.165) is 12.8 Å². The van der Waals surface area contributed by atoms with E-state index in [1.54, 1.807) is 16.7 Å². The lowest BCUT2D eigenvalue weighted by atomic mass is 9.91. The summed E-state index contributed by atoms with van der Waals surface area (Å²) >= 11 is 0. The molecule has 0 N–H and O–H groups in total. The van der Waals surface area contributed by atoms with Gasteiger partial charge in [-0.2, -0.15) is 0 Å². The Bertz CT molecular complexity index is 384. The van der Waals surface area contributed by atoms with Crippen molar-refractivity contribution < 1.29 is 0 Å². The Morgan fingerprint density at radius 2 is 1.04 bits per heavy atom. The minimum Gasteiger partial charge on any atom is -0.0654 e. The van der Waals surface area contributed by atoms with Crippen LogP contribution in [0.25, 0.3) is 0 Å². The summed E-state index contributed by atoms with van der Waals surface area (Å²) in [4.78, 5) is 0. The molecule has 0 unspecified atom stereocenters. The second-order valence-corrected chi connectivity index (χ2v) is 7.69. The molecule has 0 amide bonds. The van der Waals surface area contributed by atoms with Crippen LogP contribution in [0.4, 0.5) is 0 Å². The summed E-state index contributed by atoms with van der Waals surface area (Å²) in [5.41, 5.74) is 4.87. The minimum atomic E-state index is 1.02. The summed E-state index contributed by atoms with van der Waals surface area (Å²) < 4.78 is 0. The van der Waals surface area contributed by atoms with Crippen LogP contribution in [-0.4, -0.2) is 0 Å². The SMILES string of the molecule is [CH2]CCc1c(CCCCCCCC)cccc1CCCCCCCC. The quantitative estimate of drug-likeness (QED) is 0.265. The molecule has 0 aliphatic carbocycles. The van der Waals surface area contributed by atoms with E-state index in [4.69, 9.17) is 0 Å². The monoisotopic (exact) mass is 343 g/mol. The van der Waals surface area contributed by atoms with Crippen molar-refractivity contribution in [2.45, 2.75) is 117 Å². The lowest BCUT2D eigenvalue weighted by molar-refractivity contribution is 0.602. The van der Waals surface area contributed by atoms with Gasteiger partial charge < -0.3 is 0 Å². The molecule has 0 aliphatic heterocycles. The van der Waals surface area contributed by atoms with E-state index < -0.39 is 0 Å². The topological polar surface area (TPSA) is 0 Å². The average molecular weight is 344 g/mol. The standard InChI is InChI=1S/C25H43/c1-4-7-9-11-13-15-19-23-21-17-22-24(25(23)18-6-3)20-16-14-12-10-8-5-2/h17,21-22H,3-16,18-20H2,1-2H3. The van der Waals surface area contributed by atoms with Gasteiger partial charge in [0.05, 0.1) is 0 Å². The van der Waals surface area contributed by atoms with Crippen molar-refractivity contribution in [2.24, 2.45) is 0 Å². The minimum absolute atomic E-state index is 1.02. The zero-order valence-electron chi connectivity index (χ0n) is 17.3.